The highest BCUT2D eigenvalue weighted by atomic mass is 35.5. The first kappa shape index (κ1) is 15.5. The molecule has 0 saturated heterocycles. The smallest absolute Gasteiger partial charge is 0.254 e. The normalized spacial score (nSPS) is 15.3. The number of amides is 1. The number of carbonyl (C=O) groups is 1. The van der Waals surface area contributed by atoms with Crippen molar-refractivity contribution in [1.29, 1.82) is 0 Å². The van der Waals surface area contributed by atoms with E-state index in [0.717, 1.165) is 25.7 Å². The maximum Gasteiger partial charge on any atom is 0.254 e. The van der Waals surface area contributed by atoms with Crippen LogP contribution >= 0.6 is 35.4 Å². The first-order valence-corrected chi connectivity index (χ1v) is 7.69. The quantitative estimate of drug-likeness (QED) is 0.857. The first-order valence-electron chi connectivity index (χ1n) is 6.53. The summed E-state index contributed by atoms with van der Waals surface area (Å²) < 4.78 is 0. The molecule has 0 spiro atoms. The maximum atomic E-state index is 12.7. The Hall–Kier alpha value is -0.840. The lowest BCUT2D eigenvalue weighted by molar-refractivity contribution is 0.0714. The van der Waals surface area contributed by atoms with Gasteiger partial charge in [-0.3, -0.25) is 4.79 Å². The Morgan fingerprint density at radius 3 is 2.30 bits per heavy atom. The van der Waals surface area contributed by atoms with E-state index in [0.29, 0.717) is 27.1 Å². The second kappa shape index (κ2) is 6.74. The molecule has 0 aromatic heterocycles. The van der Waals surface area contributed by atoms with Crippen LogP contribution in [0.3, 0.4) is 0 Å². The Kier molecular flexibility index (Phi) is 5.24. The van der Waals surface area contributed by atoms with Gasteiger partial charge in [-0.15, -0.1) is 0 Å². The molecule has 1 saturated carbocycles. The number of benzene rings is 1. The van der Waals surface area contributed by atoms with Gasteiger partial charge in [0, 0.05) is 21.7 Å². The molecule has 20 heavy (non-hydrogen) atoms. The summed E-state index contributed by atoms with van der Waals surface area (Å²) in [6.07, 6.45) is 4.23. The molecule has 0 atom stereocenters. The lowest BCUT2D eigenvalue weighted by Gasteiger charge is -2.28. The van der Waals surface area contributed by atoms with E-state index in [2.05, 4.69) is 0 Å². The van der Waals surface area contributed by atoms with E-state index >= 15 is 0 Å². The summed E-state index contributed by atoms with van der Waals surface area (Å²) in [5, 5.41) is 0.894. The summed E-state index contributed by atoms with van der Waals surface area (Å²) in [4.78, 5) is 14.7. The summed E-state index contributed by atoms with van der Waals surface area (Å²) in [5.74, 6) is -0.117. The van der Waals surface area contributed by atoms with Gasteiger partial charge < -0.3 is 10.6 Å². The van der Waals surface area contributed by atoms with Crippen molar-refractivity contribution in [2.24, 2.45) is 5.73 Å². The van der Waals surface area contributed by atoms with Crippen LogP contribution in [0.1, 0.15) is 36.0 Å². The molecule has 0 aliphatic heterocycles. The van der Waals surface area contributed by atoms with E-state index in [-0.39, 0.29) is 11.9 Å². The van der Waals surface area contributed by atoms with Gasteiger partial charge in [-0.25, -0.2) is 0 Å². The lowest BCUT2D eigenvalue weighted by Crippen LogP contribution is -2.43. The maximum absolute atomic E-state index is 12.7. The van der Waals surface area contributed by atoms with Crippen LogP contribution < -0.4 is 5.73 Å². The fourth-order valence-corrected chi connectivity index (χ4v) is 3.26. The summed E-state index contributed by atoms with van der Waals surface area (Å²) in [7, 11) is 0. The minimum atomic E-state index is -0.117. The molecule has 1 aliphatic rings. The third-order valence-corrected chi connectivity index (χ3v) is 4.03. The van der Waals surface area contributed by atoms with E-state index in [4.69, 9.17) is 41.2 Å². The Labute approximate surface area is 134 Å². The third-order valence-electron chi connectivity index (χ3n) is 3.46. The van der Waals surface area contributed by atoms with Gasteiger partial charge in [-0.2, -0.15) is 0 Å². The van der Waals surface area contributed by atoms with Crippen molar-refractivity contribution in [3.8, 4) is 0 Å². The Balaban J connectivity index is 2.26. The van der Waals surface area contributed by atoms with Gasteiger partial charge in [0.25, 0.3) is 5.91 Å². The van der Waals surface area contributed by atoms with Crippen LogP contribution in [0.15, 0.2) is 18.2 Å². The summed E-state index contributed by atoms with van der Waals surface area (Å²) in [6, 6.07) is 5.05. The van der Waals surface area contributed by atoms with E-state index < -0.39 is 0 Å². The monoisotopic (exact) mass is 330 g/mol. The van der Waals surface area contributed by atoms with Crippen LogP contribution in [0.5, 0.6) is 0 Å². The first-order chi connectivity index (χ1) is 9.47. The number of carbonyl (C=O) groups excluding carboxylic acids is 1. The van der Waals surface area contributed by atoms with Crippen LogP contribution in [0.2, 0.25) is 10.0 Å². The Bertz CT molecular complexity index is 510. The number of hydrogen-bond acceptors (Lipinski definition) is 2. The van der Waals surface area contributed by atoms with Crippen molar-refractivity contribution in [3.05, 3.63) is 33.8 Å². The highest BCUT2D eigenvalue weighted by Gasteiger charge is 2.28. The Morgan fingerprint density at radius 1 is 1.25 bits per heavy atom. The number of thiocarbonyl (C=S) groups is 1. The summed E-state index contributed by atoms with van der Waals surface area (Å²) in [6.45, 7) is 0.295. The predicted octanol–water partition coefficient (Wildman–Crippen LogP) is 3.66. The molecular weight excluding hydrogens is 315 g/mol. The molecular formula is C14H16Cl2N2OS. The molecule has 0 bridgehead atoms. The van der Waals surface area contributed by atoms with Crippen LogP contribution in [-0.2, 0) is 0 Å². The highest BCUT2D eigenvalue weighted by Crippen LogP contribution is 2.26. The van der Waals surface area contributed by atoms with Crippen LogP contribution in [-0.4, -0.2) is 28.4 Å². The molecule has 1 aliphatic carbocycles. The molecule has 3 nitrogen and oxygen atoms in total. The standard InChI is InChI=1S/C14H16Cl2N2OS/c15-10-5-9(6-11(16)7-10)14(19)18(8-13(17)20)12-3-1-2-4-12/h5-7,12H,1-4,8H2,(H2,17,20). The minimum absolute atomic E-state index is 0.117. The van der Waals surface area contributed by atoms with Crippen molar-refractivity contribution >= 4 is 46.3 Å². The van der Waals surface area contributed by atoms with Crippen molar-refractivity contribution in [3.63, 3.8) is 0 Å². The fraction of sp³-hybridized carbons (Fsp3) is 0.429. The second-order valence-corrected chi connectivity index (χ2v) is 6.39. The summed E-state index contributed by atoms with van der Waals surface area (Å²) >= 11 is 16.9. The van der Waals surface area contributed by atoms with Gasteiger partial charge >= 0.3 is 0 Å². The lowest BCUT2D eigenvalue weighted by atomic mass is 10.1. The van der Waals surface area contributed by atoms with E-state index in [1.54, 1.807) is 23.1 Å². The SMILES string of the molecule is NC(=S)CN(C(=O)c1cc(Cl)cc(Cl)c1)C1CCCC1. The fourth-order valence-electron chi connectivity index (χ4n) is 2.59. The highest BCUT2D eigenvalue weighted by molar-refractivity contribution is 7.80. The van der Waals surface area contributed by atoms with Crippen LogP contribution in [0, 0.1) is 0 Å². The molecule has 1 aromatic carbocycles. The van der Waals surface area contributed by atoms with Gasteiger partial charge in [0.05, 0.1) is 11.5 Å². The van der Waals surface area contributed by atoms with Gasteiger partial charge in [0.15, 0.2) is 0 Å². The molecule has 0 heterocycles. The zero-order valence-electron chi connectivity index (χ0n) is 10.9. The average Bonchev–Trinajstić information content (AvgIpc) is 2.87. The average molecular weight is 331 g/mol. The van der Waals surface area contributed by atoms with Gasteiger partial charge in [0.1, 0.15) is 0 Å². The molecule has 108 valence electrons. The van der Waals surface area contributed by atoms with Crippen molar-refractivity contribution < 1.29 is 4.79 Å². The van der Waals surface area contributed by atoms with Crippen molar-refractivity contribution in [2.45, 2.75) is 31.7 Å². The topological polar surface area (TPSA) is 46.3 Å². The zero-order valence-corrected chi connectivity index (χ0v) is 13.3. The summed E-state index contributed by atoms with van der Waals surface area (Å²) in [5.41, 5.74) is 6.10. The molecule has 1 amide bonds. The molecule has 1 fully saturated rings. The molecule has 2 N–H and O–H groups in total. The number of nitrogens with two attached hydrogens (primary N) is 1. The second-order valence-electron chi connectivity index (χ2n) is 5.00. The van der Waals surface area contributed by atoms with E-state index in [1.807, 2.05) is 0 Å². The van der Waals surface area contributed by atoms with Crippen LogP contribution in [0.25, 0.3) is 0 Å². The number of hydrogen-bond donors (Lipinski definition) is 1. The molecule has 2 rings (SSSR count). The number of nitrogens with zero attached hydrogens (tertiary/aromatic N) is 1. The minimum Gasteiger partial charge on any atom is -0.392 e. The predicted molar refractivity (Wildman–Crippen MR) is 86.5 cm³/mol. The molecule has 0 radical (unpaired) electrons. The van der Waals surface area contributed by atoms with Crippen LogP contribution in [0.4, 0.5) is 0 Å². The zero-order chi connectivity index (χ0) is 14.7. The molecule has 0 unspecified atom stereocenters. The number of halogens is 2. The largest absolute Gasteiger partial charge is 0.392 e. The molecule has 1 aromatic rings. The van der Waals surface area contributed by atoms with Gasteiger partial charge in [0.2, 0.25) is 0 Å². The Morgan fingerprint density at radius 2 is 1.80 bits per heavy atom. The molecule has 6 heteroatoms. The van der Waals surface area contributed by atoms with E-state index in [1.165, 1.54) is 0 Å². The number of rotatable bonds is 4. The van der Waals surface area contributed by atoms with E-state index in [9.17, 15) is 4.79 Å². The van der Waals surface area contributed by atoms with Gasteiger partial charge in [-0.1, -0.05) is 48.3 Å². The van der Waals surface area contributed by atoms with Gasteiger partial charge in [-0.05, 0) is 31.0 Å². The third kappa shape index (κ3) is 3.84. The van der Waals surface area contributed by atoms with Crippen molar-refractivity contribution in [1.82, 2.24) is 4.90 Å². The van der Waals surface area contributed by atoms with Crippen molar-refractivity contribution in [2.75, 3.05) is 6.54 Å².